The minimum atomic E-state index is -0.897. The first-order chi connectivity index (χ1) is 15.8. The lowest BCUT2D eigenvalue weighted by Gasteiger charge is -2.13. The van der Waals surface area contributed by atoms with Crippen molar-refractivity contribution in [2.45, 2.75) is 20.5 Å². The molecule has 8 heteroatoms. The average Bonchev–Trinajstić information content (AvgIpc) is 3.13. The van der Waals surface area contributed by atoms with Crippen LogP contribution in [0, 0.1) is 25.5 Å². The van der Waals surface area contributed by atoms with Gasteiger partial charge in [-0.15, -0.1) is 0 Å². The number of hydrogen-bond donors (Lipinski definition) is 0. The number of benzene rings is 3. The second-order valence-corrected chi connectivity index (χ2v) is 7.41. The van der Waals surface area contributed by atoms with Crippen molar-refractivity contribution in [1.29, 1.82) is 0 Å². The molecule has 0 saturated heterocycles. The predicted octanol–water partition coefficient (Wildman–Crippen LogP) is 5.34. The zero-order valence-corrected chi connectivity index (χ0v) is 17.9. The topological polar surface area (TPSA) is 78.6 Å². The van der Waals surface area contributed by atoms with Crippen LogP contribution in [0.2, 0.25) is 0 Å². The molecule has 0 N–H and O–H groups in total. The molecule has 3 aromatic carbocycles. The SMILES string of the molecule is Cc1noc(C)c1COc1cc2ccccc2cc1C(=O)OCC(=O)c1cc(F)ccc1F. The number of ether oxygens (including phenoxy) is 2. The number of hydrogen-bond acceptors (Lipinski definition) is 6. The maximum absolute atomic E-state index is 13.8. The number of aryl methyl sites for hydroxylation is 2. The summed E-state index contributed by atoms with van der Waals surface area (Å²) in [5.41, 5.74) is 1.02. The Hall–Kier alpha value is -4.07. The summed E-state index contributed by atoms with van der Waals surface area (Å²) in [4.78, 5) is 25.1. The third kappa shape index (κ3) is 4.74. The van der Waals surface area contributed by atoms with E-state index < -0.39 is 35.6 Å². The summed E-state index contributed by atoms with van der Waals surface area (Å²) in [7, 11) is 0. The smallest absolute Gasteiger partial charge is 0.342 e. The fraction of sp³-hybridized carbons (Fsp3) is 0.160. The zero-order valence-electron chi connectivity index (χ0n) is 17.9. The van der Waals surface area contributed by atoms with Gasteiger partial charge in [0, 0.05) is 0 Å². The maximum atomic E-state index is 13.8. The van der Waals surface area contributed by atoms with E-state index in [4.69, 9.17) is 14.0 Å². The summed E-state index contributed by atoms with van der Waals surface area (Å²) in [6.45, 7) is 2.88. The number of halogens is 2. The number of fused-ring (bicyclic) bond motifs is 1. The lowest BCUT2D eigenvalue weighted by Crippen LogP contribution is -2.16. The molecule has 4 rings (SSSR count). The van der Waals surface area contributed by atoms with Crippen molar-refractivity contribution in [3.8, 4) is 5.75 Å². The second kappa shape index (κ2) is 9.20. The van der Waals surface area contributed by atoms with E-state index in [-0.39, 0.29) is 17.9 Å². The van der Waals surface area contributed by atoms with Crippen molar-refractivity contribution in [2.75, 3.05) is 6.61 Å². The highest BCUT2D eigenvalue weighted by molar-refractivity contribution is 6.02. The van der Waals surface area contributed by atoms with Crippen LogP contribution in [-0.2, 0) is 11.3 Å². The van der Waals surface area contributed by atoms with Crippen molar-refractivity contribution >= 4 is 22.5 Å². The summed E-state index contributed by atoms with van der Waals surface area (Å²) in [5.74, 6) is -2.52. The zero-order chi connectivity index (χ0) is 23.5. The molecule has 0 atom stereocenters. The van der Waals surface area contributed by atoms with Gasteiger partial charge < -0.3 is 14.0 Å². The first-order valence-electron chi connectivity index (χ1n) is 10.1. The summed E-state index contributed by atoms with van der Waals surface area (Å²) in [6, 6.07) is 13.1. The van der Waals surface area contributed by atoms with Gasteiger partial charge in [-0.1, -0.05) is 29.4 Å². The monoisotopic (exact) mass is 451 g/mol. The standard InChI is InChI=1S/C25H19F2NO5/c1-14-21(15(2)33-28-14)12-31-24-10-17-6-4-3-5-16(17)9-20(24)25(30)32-13-23(29)19-11-18(26)7-8-22(19)27/h3-11H,12-13H2,1-2H3. The molecule has 0 amide bonds. The first-order valence-corrected chi connectivity index (χ1v) is 10.1. The minimum Gasteiger partial charge on any atom is -0.488 e. The fourth-order valence-corrected chi connectivity index (χ4v) is 3.35. The molecule has 0 saturated carbocycles. The molecule has 0 spiro atoms. The highest BCUT2D eigenvalue weighted by Crippen LogP contribution is 2.28. The number of rotatable bonds is 7. The van der Waals surface area contributed by atoms with Gasteiger partial charge in [-0.25, -0.2) is 13.6 Å². The maximum Gasteiger partial charge on any atom is 0.342 e. The normalized spacial score (nSPS) is 10.9. The Bertz CT molecular complexity index is 1340. The van der Waals surface area contributed by atoms with Crippen molar-refractivity contribution in [2.24, 2.45) is 0 Å². The number of carbonyl (C=O) groups excluding carboxylic acids is 2. The molecular formula is C25H19F2NO5. The van der Waals surface area contributed by atoms with E-state index in [0.29, 0.717) is 11.5 Å². The quantitative estimate of drug-likeness (QED) is 0.279. The highest BCUT2D eigenvalue weighted by atomic mass is 19.1. The highest BCUT2D eigenvalue weighted by Gasteiger charge is 2.20. The molecular weight excluding hydrogens is 432 g/mol. The molecule has 1 heterocycles. The van der Waals surface area contributed by atoms with Gasteiger partial charge in [-0.2, -0.15) is 0 Å². The van der Waals surface area contributed by atoms with Crippen molar-refractivity contribution in [1.82, 2.24) is 5.16 Å². The van der Waals surface area contributed by atoms with Crippen molar-refractivity contribution in [3.05, 3.63) is 94.4 Å². The van der Waals surface area contributed by atoms with Crippen LogP contribution in [0.4, 0.5) is 8.78 Å². The van der Waals surface area contributed by atoms with Gasteiger partial charge in [-0.3, -0.25) is 4.79 Å². The summed E-state index contributed by atoms with van der Waals surface area (Å²) in [6.07, 6.45) is 0. The second-order valence-electron chi connectivity index (χ2n) is 7.41. The Morgan fingerprint density at radius 2 is 1.70 bits per heavy atom. The molecule has 0 fully saturated rings. The molecule has 0 bridgehead atoms. The van der Waals surface area contributed by atoms with Gasteiger partial charge in [0.15, 0.2) is 6.61 Å². The molecule has 4 aromatic rings. The van der Waals surface area contributed by atoms with Crippen molar-refractivity contribution < 1.29 is 32.4 Å². The number of nitrogens with zero attached hydrogens (tertiary/aromatic N) is 1. The first kappa shape index (κ1) is 22.1. The van der Waals surface area contributed by atoms with Crippen LogP contribution >= 0.6 is 0 Å². The number of ketones is 1. The van der Waals surface area contributed by atoms with Gasteiger partial charge in [-0.05, 0) is 55.0 Å². The van der Waals surface area contributed by atoms with Crippen LogP contribution in [-0.4, -0.2) is 23.5 Å². The minimum absolute atomic E-state index is 0.0907. The van der Waals surface area contributed by atoms with Crippen LogP contribution < -0.4 is 4.74 Å². The predicted molar refractivity (Wildman–Crippen MR) is 115 cm³/mol. The van der Waals surface area contributed by atoms with Crippen molar-refractivity contribution in [3.63, 3.8) is 0 Å². The Morgan fingerprint density at radius 1 is 0.970 bits per heavy atom. The largest absolute Gasteiger partial charge is 0.488 e. The third-order valence-corrected chi connectivity index (χ3v) is 5.18. The average molecular weight is 451 g/mol. The molecule has 33 heavy (non-hydrogen) atoms. The van der Waals surface area contributed by atoms with Gasteiger partial charge in [0.2, 0.25) is 5.78 Å². The van der Waals surface area contributed by atoms with Crippen LogP contribution in [0.5, 0.6) is 5.75 Å². The van der Waals surface area contributed by atoms with E-state index in [1.807, 2.05) is 24.3 Å². The molecule has 0 unspecified atom stereocenters. The molecule has 1 aromatic heterocycles. The fourth-order valence-electron chi connectivity index (χ4n) is 3.35. The molecule has 0 aliphatic carbocycles. The number of carbonyl (C=O) groups is 2. The van der Waals surface area contributed by atoms with E-state index in [1.165, 1.54) is 0 Å². The molecule has 6 nitrogen and oxygen atoms in total. The van der Waals surface area contributed by atoms with Gasteiger partial charge in [0.25, 0.3) is 0 Å². The number of aromatic nitrogens is 1. The molecule has 0 radical (unpaired) electrons. The van der Waals surface area contributed by atoms with Gasteiger partial charge >= 0.3 is 5.97 Å². The summed E-state index contributed by atoms with van der Waals surface area (Å²) in [5, 5.41) is 5.48. The Kier molecular flexibility index (Phi) is 6.17. The van der Waals surface area contributed by atoms with Crippen LogP contribution in [0.15, 0.2) is 59.1 Å². The third-order valence-electron chi connectivity index (χ3n) is 5.18. The van der Waals surface area contributed by atoms with E-state index in [9.17, 15) is 18.4 Å². The summed E-state index contributed by atoms with van der Waals surface area (Å²) < 4.78 is 43.4. The molecule has 0 aliphatic rings. The summed E-state index contributed by atoms with van der Waals surface area (Å²) >= 11 is 0. The van der Waals surface area contributed by atoms with Crippen LogP contribution in [0.1, 0.15) is 37.7 Å². The lowest BCUT2D eigenvalue weighted by molar-refractivity contribution is 0.0469. The molecule has 168 valence electrons. The molecule has 0 aliphatic heterocycles. The Morgan fingerprint density at radius 3 is 2.39 bits per heavy atom. The van der Waals surface area contributed by atoms with Crippen LogP contribution in [0.3, 0.4) is 0 Å². The van der Waals surface area contributed by atoms with E-state index >= 15 is 0 Å². The van der Waals surface area contributed by atoms with E-state index in [2.05, 4.69) is 5.16 Å². The number of Topliss-reactive ketones (excluding diaryl/α,β-unsaturated/α-hetero) is 1. The van der Waals surface area contributed by atoms with E-state index in [0.717, 1.165) is 34.5 Å². The lowest BCUT2D eigenvalue weighted by atomic mass is 10.1. The van der Waals surface area contributed by atoms with Crippen LogP contribution in [0.25, 0.3) is 10.8 Å². The Labute approximate surface area is 187 Å². The van der Waals surface area contributed by atoms with Gasteiger partial charge in [0.1, 0.15) is 35.3 Å². The van der Waals surface area contributed by atoms with E-state index in [1.54, 1.807) is 26.0 Å². The Balaban J connectivity index is 1.58. The van der Waals surface area contributed by atoms with Gasteiger partial charge in [0.05, 0.1) is 16.8 Å². The number of esters is 1.